The molecule has 0 fully saturated rings. The molecule has 160 valence electrons. The molecule has 2 aromatic heterocycles. The highest BCUT2D eigenvalue weighted by atomic mass is 32.2. The maximum absolute atomic E-state index is 12.3. The van der Waals surface area contributed by atoms with Gasteiger partial charge in [-0.2, -0.15) is 4.99 Å². The van der Waals surface area contributed by atoms with E-state index in [0.717, 1.165) is 10.2 Å². The van der Waals surface area contributed by atoms with E-state index in [9.17, 15) is 18.0 Å². The predicted molar refractivity (Wildman–Crippen MR) is 117 cm³/mol. The standard InChI is InChI=1S/C18H20N4O5S3/c1-3-22-13-6-5-12(27-4-2)9-14(13)29-18(22)21-16(24)11-30(25,26)10-15(23)20-17-19-7-8-28-17/h5-9H,3-4,10-11H2,1-2H3,(H,19,20,23). The first-order valence-corrected chi connectivity index (χ1v) is 12.6. The highest BCUT2D eigenvalue weighted by Gasteiger charge is 2.21. The molecule has 2 amide bonds. The van der Waals surface area contributed by atoms with Crippen molar-refractivity contribution in [2.45, 2.75) is 20.4 Å². The lowest BCUT2D eigenvalue weighted by Gasteiger charge is -2.04. The van der Waals surface area contributed by atoms with Gasteiger partial charge in [-0.05, 0) is 32.0 Å². The summed E-state index contributed by atoms with van der Waals surface area (Å²) >= 11 is 2.44. The first kappa shape index (κ1) is 22.1. The van der Waals surface area contributed by atoms with Gasteiger partial charge in [0.25, 0.3) is 5.91 Å². The smallest absolute Gasteiger partial charge is 0.263 e. The van der Waals surface area contributed by atoms with Crippen molar-refractivity contribution in [2.75, 3.05) is 23.4 Å². The van der Waals surface area contributed by atoms with Gasteiger partial charge in [0.1, 0.15) is 17.3 Å². The summed E-state index contributed by atoms with van der Waals surface area (Å²) in [5, 5.41) is 4.33. The van der Waals surface area contributed by atoms with Crippen LogP contribution in [0, 0.1) is 0 Å². The number of hydrogen-bond acceptors (Lipinski definition) is 8. The molecular weight excluding hydrogens is 448 g/mol. The number of sulfone groups is 1. The molecule has 0 unspecified atom stereocenters. The maximum Gasteiger partial charge on any atom is 0.263 e. The van der Waals surface area contributed by atoms with Crippen LogP contribution >= 0.6 is 22.7 Å². The molecule has 9 nitrogen and oxygen atoms in total. The highest BCUT2D eigenvalue weighted by Crippen LogP contribution is 2.23. The molecule has 3 aromatic rings. The second-order valence-electron chi connectivity index (χ2n) is 6.11. The normalized spacial score (nSPS) is 12.3. The van der Waals surface area contributed by atoms with Crippen molar-refractivity contribution < 1.29 is 22.7 Å². The number of carbonyl (C=O) groups excluding carboxylic acids is 2. The van der Waals surface area contributed by atoms with Gasteiger partial charge in [0, 0.05) is 18.1 Å². The van der Waals surface area contributed by atoms with Crippen LogP contribution in [0.25, 0.3) is 10.2 Å². The Labute approximate surface area is 181 Å². The molecule has 0 aliphatic carbocycles. The summed E-state index contributed by atoms with van der Waals surface area (Å²) < 4.78 is 32.7. The van der Waals surface area contributed by atoms with Crippen molar-refractivity contribution in [3.05, 3.63) is 34.6 Å². The largest absolute Gasteiger partial charge is 0.494 e. The summed E-state index contributed by atoms with van der Waals surface area (Å²) in [6, 6.07) is 5.57. The van der Waals surface area contributed by atoms with Crippen molar-refractivity contribution in [1.29, 1.82) is 0 Å². The fourth-order valence-corrected chi connectivity index (χ4v) is 5.42. The first-order valence-electron chi connectivity index (χ1n) is 9.04. The molecule has 0 saturated heterocycles. The fourth-order valence-electron chi connectivity index (χ4n) is 2.72. The van der Waals surface area contributed by atoms with Gasteiger partial charge in [-0.3, -0.25) is 9.59 Å². The van der Waals surface area contributed by atoms with E-state index in [1.165, 1.54) is 28.9 Å². The Bertz CT molecular complexity index is 1230. The SMILES string of the molecule is CCOc1ccc2c(c1)sc(=NC(=O)CS(=O)(=O)CC(=O)Nc1nccs1)n2CC. The minimum absolute atomic E-state index is 0.298. The summed E-state index contributed by atoms with van der Waals surface area (Å²) in [5.41, 5.74) is 0.878. The van der Waals surface area contributed by atoms with Crippen molar-refractivity contribution >= 4 is 59.7 Å². The van der Waals surface area contributed by atoms with Gasteiger partial charge in [-0.25, -0.2) is 13.4 Å². The van der Waals surface area contributed by atoms with Gasteiger partial charge in [0.05, 0.1) is 16.8 Å². The number of rotatable bonds is 8. The molecule has 0 atom stereocenters. The Kier molecular flexibility index (Phi) is 7.00. The van der Waals surface area contributed by atoms with Crippen LogP contribution in [-0.4, -0.2) is 47.9 Å². The van der Waals surface area contributed by atoms with Crippen molar-refractivity contribution in [2.24, 2.45) is 4.99 Å². The van der Waals surface area contributed by atoms with E-state index in [4.69, 9.17) is 4.74 Å². The van der Waals surface area contributed by atoms with Crippen LogP contribution in [0.4, 0.5) is 5.13 Å². The van der Waals surface area contributed by atoms with Gasteiger partial charge in [0.2, 0.25) is 5.91 Å². The summed E-state index contributed by atoms with van der Waals surface area (Å²) in [4.78, 5) is 32.5. The van der Waals surface area contributed by atoms with Crippen LogP contribution in [0.15, 0.2) is 34.8 Å². The summed E-state index contributed by atoms with van der Waals surface area (Å²) in [7, 11) is -3.97. The minimum Gasteiger partial charge on any atom is -0.494 e. The molecule has 0 aliphatic heterocycles. The lowest BCUT2D eigenvalue weighted by Crippen LogP contribution is -2.28. The molecule has 30 heavy (non-hydrogen) atoms. The number of ether oxygens (including phenoxy) is 1. The second kappa shape index (κ2) is 9.49. The molecule has 12 heteroatoms. The van der Waals surface area contributed by atoms with E-state index >= 15 is 0 Å². The van der Waals surface area contributed by atoms with E-state index in [0.29, 0.717) is 28.8 Å². The number of thiazole rings is 2. The third-order valence-corrected chi connectivity index (χ3v) is 6.99. The van der Waals surface area contributed by atoms with Crippen molar-refractivity contribution in [3.8, 4) is 5.75 Å². The number of hydrogen-bond donors (Lipinski definition) is 1. The number of aryl methyl sites for hydroxylation is 1. The first-order chi connectivity index (χ1) is 14.3. The molecule has 1 N–H and O–H groups in total. The average molecular weight is 469 g/mol. The Morgan fingerprint density at radius 1 is 1.27 bits per heavy atom. The number of anilines is 1. The minimum atomic E-state index is -3.97. The van der Waals surface area contributed by atoms with E-state index < -0.39 is 33.2 Å². The Morgan fingerprint density at radius 2 is 2.07 bits per heavy atom. The predicted octanol–water partition coefficient (Wildman–Crippen LogP) is 2.06. The van der Waals surface area contributed by atoms with E-state index in [2.05, 4.69) is 15.3 Å². The van der Waals surface area contributed by atoms with Gasteiger partial charge in [-0.15, -0.1) is 11.3 Å². The van der Waals surface area contributed by atoms with Crippen molar-refractivity contribution in [1.82, 2.24) is 9.55 Å². The summed E-state index contributed by atoms with van der Waals surface area (Å²) in [6.45, 7) is 4.89. The zero-order valence-electron chi connectivity index (χ0n) is 16.3. The Balaban J connectivity index is 1.77. The number of nitrogens with one attached hydrogen (secondary N) is 1. The van der Waals surface area contributed by atoms with Crippen LogP contribution in [-0.2, 0) is 26.0 Å². The topological polar surface area (TPSA) is 120 Å². The molecule has 3 rings (SSSR count). The van der Waals surface area contributed by atoms with Gasteiger partial charge in [-0.1, -0.05) is 11.3 Å². The van der Waals surface area contributed by atoms with Crippen LogP contribution in [0.2, 0.25) is 0 Å². The Hall–Kier alpha value is -2.57. The lowest BCUT2D eigenvalue weighted by molar-refractivity contribution is -0.115. The van der Waals surface area contributed by atoms with Gasteiger partial charge < -0.3 is 14.6 Å². The number of amides is 2. The van der Waals surface area contributed by atoms with E-state index in [1.54, 1.807) is 5.38 Å². The molecule has 1 aromatic carbocycles. The molecule has 2 heterocycles. The van der Waals surface area contributed by atoms with Crippen LogP contribution < -0.4 is 14.9 Å². The number of carbonyl (C=O) groups is 2. The third kappa shape index (κ3) is 5.52. The molecule has 0 bridgehead atoms. The average Bonchev–Trinajstić information content (AvgIpc) is 3.27. The van der Waals surface area contributed by atoms with Crippen LogP contribution in [0.5, 0.6) is 5.75 Å². The quantitative estimate of drug-likeness (QED) is 0.540. The molecule has 0 spiro atoms. The molecule has 0 radical (unpaired) electrons. The maximum atomic E-state index is 12.3. The van der Waals surface area contributed by atoms with Crippen LogP contribution in [0.1, 0.15) is 13.8 Å². The molecule has 0 saturated carbocycles. The number of benzene rings is 1. The molecular formula is C18H20N4O5S3. The highest BCUT2D eigenvalue weighted by molar-refractivity contribution is 7.92. The van der Waals surface area contributed by atoms with Crippen molar-refractivity contribution in [3.63, 3.8) is 0 Å². The third-order valence-electron chi connectivity index (χ3n) is 3.87. The Morgan fingerprint density at radius 3 is 2.73 bits per heavy atom. The van der Waals surface area contributed by atoms with Gasteiger partial charge >= 0.3 is 0 Å². The second-order valence-corrected chi connectivity index (χ2v) is 10.1. The summed E-state index contributed by atoms with van der Waals surface area (Å²) in [6.07, 6.45) is 1.49. The number of nitrogens with zero attached hydrogens (tertiary/aromatic N) is 3. The zero-order chi connectivity index (χ0) is 21.7. The van der Waals surface area contributed by atoms with E-state index in [-0.39, 0.29) is 0 Å². The lowest BCUT2D eigenvalue weighted by atomic mass is 10.3. The monoisotopic (exact) mass is 468 g/mol. The number of fused-ring (bicyclic) bond motifs is 1. The fraction of sp³-hybridized carbons (Fsp3) is 0.333. The van der Waals surface area contributed by atoms with E-state index in [1.807, 2.05) is 36.6 Å². The zero-order valence-corrected chi connectivity index (χ0v) is 18.8. The summed E-state index contributed by atoms with van der Waals surface area (Å²) in [5.74, 6) is -2.52. The number of aromatic nitrogens is 2. The van der Waals surface area contributed by atoms with Gasteiger partial charge in [0.15, 0.2) is 19.8 Å². The molecule has 0 aliphatic rings. The van der Waals surface area contributed by atoms with Crippen LogP contribution in [0.3, 0.4) is 0 Å².